The Morgan fingerprint density at radius 3 is 1.00 bits per heavy atom. The lowest BCUT2D eigenvalue weighted by molar-refractivity contribution is 1.10. The van der Waals surface area contributed by atoms with Crippen molar-refractivity contribution in [2.45, 2.75) is 19.3 Å². The minimum Gasteiger partial charge on any atom is -0.243 e. The van der Waals surface area contributed by atoms with Crippen LogP contribution in [0.15, 0.2) is 347 Å². The zero-order valence-corrected chi connectivity index (χ0v) is 59.8. The third kappa shape index (κ3) is 12.5. The minimum atomic E-state index is 0.596. The molecule has 111 heavy (non-hydrogen) atoms. The van der Waals surface area contributed by atoms with E-state index in [0.29, 0.717) is 17.3 Å². The molecule has 0 aliphatic heterocycles. The maximum absolute atomic E-state index is 5.14. The number of fused-ring (bicyclic) bond motifs is 12. The average Bonchev–Trinajstić information content (AvgIpc) is 1.70. The van der Waals surface area contributed by atoms with Gasteiger partial charge in [-0.1, -0.05) is 291 Å². The summed E-state index contributed by atoms with van der Waals surface area (Å²) in [7, 11) is 0. The van der Waals surface area contributed by atoms with Crippen molar-refractivity contribution < 1.29 is 0 Å². The maximum Gasteiger partial charge on any atom is 0.179 e. The number of hydrogen-bond donors (Lipinski definition) is 0. The summed E-state index contributed by atoms with van der Waals surface area (Å²) in [6.07, 6.45) is 7.47. The van der Waals surface area contributed by atoms with Crippen LogP contribution in [0.1, 0.15) is 33.4 Å². The maximum atomic E-state index is 5.14. The first-order chi connectivity index (χ1) is 55.0. The zero-order chi connectivity index (χ0) is 73.6. The number of rotatable bonds is 10. The standard InChI is InChI=1S/C37H24N4.C31H20N4.C30H19N5/c1-2-9-24(10-3-1)25-17-19-26(20-18-25)35-31-15-6-7-16-33(31)40-37(41-35)29-13-8-12-28(21-29)34-32-22-27-11-4-5-14-30(27)36(32)39-23-38-34;1-2-8-20(9-3-1)29-25-12-6-7-13-27(25)34-31(35-29)22-16-14-21(15-17-22)28-26-18-23-10-4-5-11-24(23)30(26)33-19-32-28;1-2-9-19(10-3-1)27-22-13-6-7-14-24(22)34-30(35-27)26-16-8-15-25(33-26)29-23-17-20-11-4-5-12-21(20)28(23)31-18-32-29/h1-21,23H,22H2;1-17,19H,18H2;1-16,18H,17H2. The van der Waals surface area contributed by atoms with Gasteiger partial charge in [-0.3, -0.25) is 0 Å². The van der Waals surface area contributed by atoms with E-state index in [4.69, 9.17) is 39.9 Å². The first-order valence-electron chi connectivity index (χ1n) is 37.0. The molecule has 0 atom stereocenters. The number of pyridine rings is 1. The summed E-state index contributed by atoms with van der Waals surface area (Å²) < 4.78 is 0. The van der Waals surface area contributed by atoms with Crippen molar-refractivity contribution in [3.05, 3.63) is 380 Å². The van der Waals surface area contributed by atoms with Gasteiger partial charge in [0.1, 0.15) is 24.7 Å². The van der Waals surface area contributed by atoms with Crippen molar-refractivity contribution >= 4 is 32.7 Å². The number of hydrogen-bond acceptors (Lipinski definition) is 13. The van der Waals surface area contributed by atoms with Gasteiger partial charge in [-0.25, -0.2) is 64.8 Å². The lowest BCUT2D eigenvalue weighted by Crippen LogP contribution is -2.00. The highest BCUT2D eigenvalue weighted by Gasteiger charge is 2.28. The Morgan fingerprint density at radius 2 is 0.495 bits per heavy atom. The fourth-order valence-corrected chi connectivity index (χ4v) is 15.6. The lowest BCUT2D eigenvalue weighted by atomic mass is 10.00. The molecule has 7 heterocycles. The fourth-order valence-electron chi connectivity index (χ4n) is 15.6. The summed E-state index contributed by atoms with van der Waals surface area (Å²) in [6.45, 7) is 0. The highest BCUT2D eigenvalue weighted by Crippen LogP contribution is 2.44. The van der Waals surface area contributed by atoms with E-state index in [1.807, 2.05) is 109 Å². The molecule has 12 aromatic carbocycles. The number of benzene rings is 12. The molecule has 7 aromatic heterocycles. The Hall–Kier alpha value is -15.0. The molecule has 0 unspecified atom stereocenters. The smallest absolute Gasteiger partial charge is 0.179 e. The number of para-hydroxylation sites is 3. The SMILES string of the molecule is c1ccc(-c2ccc(-c3nc(-c4cccc(-c5ncnc6c5Cc5ccccc5-6)c4)nc4ccccc34)cc2)cc1.c1ccc(-c2nc(-c3ccc(-c4ncnc5c4Cc4ccccc4-5)cc3)nc3ccccc23)cc1.c1ccc(-c2nc(-c3cccc(-c4ncnc5c4Cc4ccccc4-5)n3)nc3ccccc23)cc1. The summed E-state index contributed by atoms with van der Waals surface area (Å²) in [5, 5.41) is 3.10. The predicted octanol–water partition coefficient (Wildman–Crippen LogP) is 22.0. The lowest BCUT2D eigenvalue weighted by Gasteiger charge is -2.12. The van der Waals surface area contributed by atoms with Gasteiger partial charge in [0, 0.05) is 108 Å². The third-order valence-corrected chi connectivity index (χ3v) is 21.0. The number of nitrogens with zero attached hydrogens (tertiary/aromatic N) is 13. The van der Waals surface area contributed by atoms with Crippen molar-refractivity contribution in [3.63, 3.8) is 0 Å². The molecule has 22 rings (SSSR count). The van der Waals surface area contributed by atoms with E-state index < -0.39 is 0 Å². The first-order valence-corrected chi connectivity index (χ1v) is 37.0. The van der Waals surface area contributed by atoms with Crippen LogP contribution in [0.2, 0.25) is 0 Å². The molecule has 19 aromatic rings. The summed E-state index contributed by atoms with van der Waals surface area (Å²) in [5.41, 5.74) is 33.4. The van der Waals surface area contributed by atoms with Crippen LogP contribution < -0.4 is 0 Å². The minimum absolute atomic E-state index is 0.596. The van der Waals surface area contributed by atoms with Crippen molar-refractivity contribution in [1.29, 1.82) is 0 Å². The molecule has 3 aliphatic carbocycles. The second-order valence-electron chi connectivity index (χ2n) is 27.6. The molecule has 0 N–H and O–H groups in total. The molecular formula is C98H63N13. The second-order valence-corrected chi connectivity index (χ2v) is 27.6. The molecular weight excluding hydrogens is 1360 g/mol. The summed E-state index contributed by atoms with van der Waals surface area (Å²) >= 11 is 0. The van der Waals surface area contributed by atoms with Gasteiger partial charge in [0.05, 0.1) is 73.5 Å². The number of aromatic nitrogens is 13. The molecule has 0 spiro atoms. The fraction of sp³-hybridized carbons (Fsp3) is 0.0306. The largest absolute Gasteiger partial charge is 0.243 e. The van der Waals surface area contributed by atoms with Crippen molar-refractivity contribution in [1.82, 2.24) is 64.8 Å². The van der Waals surface area contributed by atoms with Crippen molar-refractivity contribution in [3.8, 4) is 147 Å². The van der Waals surface area contributed by atoms with Gasteiger partial charge >= 0.3 is 0 Å². The Balaban J connectivity index is 0.000000109. The molecule has 13 nitrogen and oxygen atoms in total. The molecule has 0 bridgehead atoms. The van der Waals surface area contributed by atoms with E-state index in [-0.39, 0.29) is 0 Å². The van der Waals surface area contributed by atoms with Gasteiger partial charge in [0.15, 0.2) is 17.5 Å². The van der Waals surface area contributed by atoms with Crippen LogP contribution in [0.25, 0.3) is 180 Å². The van der Waals surface area contributed by atoms with Crippen LogP contribution >= 0.6 is 0 Å². The molecule has 0 fully saturated rings. The van der Waals surface area contributed by atoms with Crippen LogP contribution in [0.5, 0.6) is 0 Å². The molecule has 0 radical (unpaired) electrons. The Kier molecular flexibility index (Phi) is 16.8. The normalized spacial score (nSPS) is 11.9. The first kappa shape index (κ1) is 65.6. The molecule has 520 valence electrons. The van der Waals surface area contributed by atoms with Crippen molar-refractivity contribution in [2.24, 2.45) is 0 Å². The van der Waals surface area contributed by atoms with E-state index in [9.17, 15) is 0 Å². The van der Waals surface area contributed by atoms with Gasteiger partial charge in [-0.15, -0.1) is 0 Å². The van der Waals surface area contributed by atoms with E-state index >= 15 is 0 Å². The molecule has 0 amide bonds. The summed E-state index contributed by atoms with van der Waals surface area (Å²) in [4.78, 5) is 62.7. The van der Waals surface area contributed by atoms with Crippen LogP contribution in [0, 0.1) is 0 Å². The van der Waals surface area contributed by atoms with Gasteiger partial charge in [-0.2, -0.15) is 0 Å². The molecule has 0 saturated carbocycles. The second kappa shape index (κ2) is 28.4. The quantitative estimate of drug-likeness (QED) is 0.127. The van der Waals surface area contributed by atoms with Crippen LogP contribution in [0.4, 0.5) is 0 Å². The van der Waals surface area contributed by atoms with E-state index in [2.05, 4.69) is 243 Å². The van der Waals surface area contributed by atoms with E-state index in [0.717, 1.165) is 159 Å². The molecule has 0 saturated heterocycles. The third-order valence-electron chi connectivity index (χ3n) is 21.0. The van der Waals surface area contributed by atoms with Gasteiger partial charge < -0.3 is 0 Å². The van der Waals surface area contributed by atoms with Gasteiger partial charge in [0.2, 0.25) is 0 Å². The Labute approximate surface area is 639 Å². The van der Waals surface area contributed by atoms with Crippen LogP contribution in [-0.4, -0.2) is 64.8 Å². The predicted molar refractivity (Wildman–Crippen MR) is 442 cm³/mol. The van der Waals surface area contributed by atoms with E-state index in [1.165, 1.54) is 55.6 Å². The van der Waals surface area contributed by atoms with Gasteiger partial charge in [0.25, 0.3) is 0 Å². The average molecular weight is 1420 g/mol. The van der Waals surface area contributed by atoms with Crippen LogP contribution in [-0.2, 0) is 19.3 Å². The zero-order valence-electron chi connectivity index (χ0n) is 59.8. The molecule has 3 aliphatic rings. The Morgan fingerprint density at radius 1 is 0.180 bits per heavy atom. The van der Waals surface area contributed by atoms with E-state index in [1.54, 1.807) is 19.0 Å². The highest BCUT2D eigenvalue weighted by molar-refractivity contribution is 5.97. The van der Waals surface area contributed by atoms with Crippen molar-refractivity contribution in [2.75, 3.05) is 0 Å². The highest BCUT2D eigenvalue weighted by atomic mass is 15.0. The monoisotopic (exact) mass is 1420 g/mol. The van der Waals surface area contributed by atoms with Gasteiger partial charge in [-0.05, 0) is 64.2 Å². The molecule has 13 heteroatoms. The Bertz CT molecular complexity index is 6800. The topological polar surface area (TPSA) is 168 Å². The summed E-state index contributed by atoms with van der Waals surface area (Å²) in [6, 6.07) is 112. The van der Waals surface area contributed by atoms with Crippen LogP contribution in [0.3, 0.4) is 0 Å². The summed E-state index contributed by atoms with van der Waals surface area (Å²) in [5.74, 6) is 2.01.